The number of primary amides is 1. The molecule has 3 atom stereocenters. The zero-order valence-electron chi connectivity index (χ0n) is 10.7. The lowest BCUT2D eigenvalue weighted by molar-refractivity contribution is -0.127. The fourth-order valence-corrected chi connectivity index (χ4v) is 2.32. The molecule has 3 unspecified atom stereocenters. The summed E-state index contributed by atoms with van der Waals surface area (Å²) in [5, 5.41) is 5.98. The highest BCUT2D eigenvalue weighted by Crippen LogP contribution is 2.24. The average molecular weight is 241 g/mol. The van der Waals surface area contributed by atoms with Crippen molar-refractivity contribution in [2.24, 2.45) is 17.6 Å². The second-order valence-corrected chi connectivity index (χ2v) is 4.93. The maximum Gasteiger partial charge on any atom is 0.224 e. The summed E-state index contributed by atoms with van der Waals surface area (Å²) in [5.41, 5.74) is 5.31. The highest BCUT2D eigenvalue weighted by Gasteiger charge is 2.27. The molecule has 0 aromatic rings. The Kier molecular flexibility index (Phi) is 5.41. The molecule has 0 spiro atoms. The molecule has 2 amide bonds. The smallest absolute Gasteiger partial charge is 0.224 e. The second kappa shape index (κ2) is 6.59. The summed E-state index contributed by atoms with van der Waals surface area (Å²) in [4.78, 5) is 22.9. The Morgan fingerprint density at radius 2 is 2.12 bits per heavy atom. The van der Waals surface area contributed by atoms with Crippen LogP contribution in [0.25, 0.3) is 0 Å². The molecule has 1 fully saturated rings. The fourth-order valence-electron chi connectivity index (χ4n) is 2.32. The molecule has 0 aromatic heterocycles. The molecule has 0 aliphatic heterocycles. The molecule has 0 radical (unpaired) electrons. The van der Waals surface area contributed by atoms with Crippen molar-refractivity contribution in [3.63, 3.8) is 0 Å². The van der Waals surface area contributed by atoms with E-state index in [1.807, 2.05) is 14.0 Å². The van der Waals surface area contributed by atoms with Gasteiger partial charge in [-0.15, -0.1) is 0 Å². The maximum atomic E-state index is 11.8. The summed E-state index contributed by atoms with van der Waals surface area (Å²) in [7, 11) is 1.83. The van der Waals surface area contributed by atoms with Crippen LogP contribution < -0.4 is 16.4 Å². The van der Waals surface area contributed by atoms with Gasteiger partial charge in [0, 0.05) is 24.4 Å². The van der Waals surface area contributed by atoms with Crippen LogP contribution in [0.4, 0.5) is 0 Å². The van der Waals surface area contributed by atoms with Gasteiger partial charge in [0.2, 0.25) is 11.8 Å². The van der Waals surface area contributed by atoms with Gasteiger partial charge in [-0.05, 0) is 26.3 Å². The van der Waals surface area contributed by atoms with E-state index in [9.17, 15) is 9.59 Å². The van der Waals surface area contributed by atoms with Crippen LogP contribution in [-0.4, -0.2) is 31.4 Å². The number of nitrogens with one attached hydrogen (secondary N) is 2. The molecular weight excluding hydrogens is 218 g/mol. The van der Waals surface area contributed by atoms with Crippen molar-refractivity contribution in [3.05, 3.63) is 0 Å². The lowest BCUT2D eigenvalue weighted by Gasteiger charge is -2.28. The van der Waals surface area contributed by atoms with Gasteiger partial charge in [-0.2, -0.15) is 0 Å². The van der Waals surface area contributed by atoms with E-state index < -0.39 is 0 Å². The lowest BCUT2D eigenvalue weighted by atomic mass is 9.85. The maximum absolute atomic E-state index is 11.8. The van der Waals surface area contributed by atoms with E-state index in [0.29, 0.717) is 13.0 Å². The van der Waals surface area contributed by atoms with Crippen LogP contribution in [0.3, 0.4) is 0 Å². The van der Waals surface area contributed by atoms with Crippen LogP contribution >= 0.6 is 0 Å². The third-order valence-electron chi connectivity index (χ3n) is 3.38. The molecule has 4 N–H and O–H groups in total. The number of nitrogens with two attached hydrogens (primary N) is 1. The van der Waals surface area contributed by atoms with Crippen LogP contribution in [0.2, 0.25) is 0 Å². The number of carbonyl (C=O) groups is 2. The molecule has 5 nitrogen and oxygen atoms in total. The molecule has 5 heteroatoms. The van der Waals surface area contributed by atoms with Crippen molar-refractivity contribution >= 4 is 11.8 Å². The average Bonchev–Trinajstić information content (AvgIpc) is 2.29. The van der Waals surface area contributed by atoms with E-state index in [1.165, 1.54) is 0 Å². The third kappa shape index (κ3) is 4.34. The zero-order chi connectivity index (χ0) is 12.8. The van der Waals surface area contributed by atoms with Crippen molar-refractivity contribution in [1.82, 2.24) is 10.6 Å². The van der Waals surface area contributed by atoms with Crippen molar-refractivity contribution in [1.29, 1.82) is 0 Å². The van der Waals surface area contributed by atoms with Gasteiger partial charge in [0.25, 0.3) is 0 Å². The van der Waals surface area contributed by atoms with E-state index in [2.05, 4.69) is 10.6 Å². The van der Waals surface area contributed by atoms with Gasteiger partial charge in [0.15, 0.2) is 0 Å². The summed E-state index contributed by atoms with van der Waals surface area (Å²) in [6, 6.07) is 0.105. The van der Waals surface area contributed by atoms with Gasteiger partial charge < -0.3 is 16.4 Å². The van der Waals surface area contributed by atoms with Gasteiger partial charge >= 0.3 is 0 Å². The Bertz CT molecular complexity index is 281. The predicted molar refractivity (Wildman–Crippen MR) is 66.2 cm³/mol. The Labute approximate surface area is 103 Å². The Balaban J connectivity index is 2.40. The molecule has 1 aliphatic carbocycles. The monoisotopic (exact) mass is 241 g/mol. The quantitative estimate of drug-likeness (QED) is 0.633. The van der Waals surface area contributed by atoms with Gasteiger partial charge in [0.1, 0.15) is 0 Å². The summed E-state index contributed by atoms with van der Waals surface area (Å²) in [5.74, 6) is -0.315. The van der Waals surface area contributed by atoms with Crippen LogP contribution in [0.15, 0.2) is 0 Å². The minimum atomic E-state index is -0.243. The van der Waals surface area contributed by atoms with E-state index >= 15 is 0 Å². The minimum absolute atomic E-state index is 0.0473. The molecule has 0 aromatic carbocycles. The highest BCUT2D eigenvalue weighted by molar-refractivity contribution is 5.79. The van der Waals surface area contributed by atoms with Gasteiger partial charge in [-0.25, -0.2) is 0 Å². The first-order valence-corrected chi connectivity index (χ1v) is 6.29. The van der Waals surface area contributed by atoms with Crippen LogP contribution in [0.5, 0.6) is 0 Å². The van der Waals surface area contributed by atoms with Crippen LogP contribution in [0, 0.1) is 11.8 Å². The van der Waals surface area contributed by atoms with Crippen molar-refractivity contribution in [2.45, 2.75) is 38.6 Å². The normalized spacial score (nSPS) is 26.2. The van der Waals surface area contributed by atoms with Gasteiger partial charge in [0.05, 0.1) is 0 Å². The Morgan fingerprint density at radius 3 is 2.71 bits per heavy atom. The number of hydrogen-bond donors (Lipinski definition) is 3. The van der Waals surface area contributed by atoms with Crippen molar-refractivity contribution < 1.29 is 9.59 Å². The second-order valence-electron chi connectivity index (χ2n) is 4.93. The van der Waals surface area contributed by atoms with Crippen molar-refractivity contribution in [3.8, 4) is 0 Å². The van der Waals surface area contributed by atoms with Crippen LogP contribution in [0.1, 0.15) is 32.6 Å². The Hall–Kier alpha value is -1.10. The van der Waals surface area contributed by atoms with E-state index in [4.69, 9.17) is 5.73 Å². The van der Waals surface area contributed by atoms with Crippen LogP contribution in [-0.2, 0) is 9.59 Å². The first-order valence-electron chi connectivity index (χ1n) is 6.29. The molecule has 0 saturated heterocycles. The standard InChI is InChI=1S/C12H23N3O2/c1-8(7-14-2)12(17)15-10-5-3-4-9(6-10)11(13)16/h8-10,14H,3-7H2,1-2H3,(H2,13,16)(H,15,17). The minimum Gasteiger partial charge on any atom is -0.369 e. The number of amides is 2. The van der Waals surface area contributed by atoms with Gasteiger partial charge in [-0.1, -0.05) is 13.3 Å². The summed E-state index contributed by atoms with van der Waals surface area (Å²) < 4.78 is 0. The summed E-state index contributed by atoms with van der Waals surface area (Å²) >= 11 is 0. The first kappa shape index (κ1) is 14.0. The SMILES string of the molecule is CNCC(C)C(=O)NC1CCCC(C(N)=O)C1. The third-order valence-corrected chi connectivity index (χ3v) is 3.38. The number of rotatable bonds is 5. The lowest BCUT2D eigenvalue weighted by Crippen LogP contribution is -2.44. The highest BCUT2D eigenvalue weighted by atomic mass is 16.2. The molecule has 1 rings (SSSR count). The van der Waals surface area contributed by atoms with E-state index in [-0.39, 0.29) is 29.7 Å². The summed E-state index contributed by atoms with van der Waals surface area (Å²) in [6.07, 6.45) is 3.45. The van der Waals surface area contributed by atoms with Gasteiger partial charge in [-0.3, -0.25) is 9.59 Å². The number of carbonyl (C=O) groups excluding carboxylic acids is 2. The van der Waals surface area contributed by atoms with E-state index in [1.54, 1.807) is 0 Å². The zero-order valence-corrected chi connectivity index (χ0v) is 10.7. The predicted octanol–water partition coefficient (Wildman–Crippen LogP) is 0.00220. The molecule has 98 valence electrons. The first-order chi connectivity index (χ1) is 8.04. The van der Waals surface area contributed by atoms with E-state index in [0.717, 1.165) is 19.3 Å². The summed E-state index contributed by atoms with van der Waals surface area (Å²) in [6.45, 7) is 2.55. The molecule has 0 bridgehead atoms. The molecule has 1 saturated carbocycles. The number of hydrogen-bond acceptors (Lipinski definition) is 3. The molecule has 1 aliphatic rings. The fraction of sp³-hybridized carbons (Fsp3) is 0.833. The molecule has 17 heavy (non-hydrogen) atoms. The molecule has 0 heterocycles. The Morgan fingerprint density at radius 1 is 1.41 bits per heavy atom. The molecular formula is C12H23N3O2. The largest absolute Gasteiger partial charge is 0.369 e. The van der Waals surface area contributed by atoms with Crippen molar-refractivity contribution in [2.75, 3.05) is 13.6 Å². The topological polar surface area (TPSA) is 84.2 Å².